The largest absolute Gasteiger partial charge is 0.497 e. The van der Waals surface area contributed by atoms with E-state index in [9.17, 15) is 9.59 Å². The maximum atomic E-state index is 12.0. The molecule has 7 nitrogen and oxygen atoms in total. The number of benzene rings is 3. The number of aryl methyl sites for hydroxylation is 2. The van der Waals surface area contributed by atoms with E-state index in [2.05, 4.69) is 35.1 Å². The SMILES string of the molecule is COc1ccc2[nH]c(C)cc2c1.Cc1ccccc1.O=CN1CCN(Cc2cccc3[nH]ccc23)C(=O)C1. The Kier molecular flexibility index (Phi) is 8.82. The molecule has 2 aromatic heterocycles. The Balaban J connectivity index is 0.000000150. The third kappa shape index (κ3) is 6.82. The summed E-state index contributed by atoms with van der Waals surface area (Å²) in [6.45, 7) is 6.12. The first-order valence-corrected chi connectivity index (χ1v) is 12.6. The highest BCUT2D eigenvalue weighted by Crippen LogP contribution is 2.21. The van der Waals surface area contributed by atoms with Crippen molar-refractivity contribution in [3.8, 4) is 5.75 Å². The van der Waals surface area contributed by atoms with Gasteiger partial charge in [0, 0.05) is 53.3 Å². The molecule has 1 aliphatic rings. The van der Waals surface area contributed by atoms with Gasteiger partial charge in [-0.15, -0.1) is 0 Å². The summed E-state index contributed by atoms with van der Waals surface area (Å²) in [6.07, 6.45) is 2.64. The van der Waals surface area contributed by atoms with Crippen LogP contribution in [0.1, 0.15) is 16.8 Å². The predicted octanol–water partition coefficient (Wildman–Crippen LogP) is 5.45. The van der Waals surface area contributed by atoms with E-state index in [0.29, 0.717) is 19.6 Å². The lowest BCUT2D eigenvalue weighted by Gasteiger charge is -2.32. The number of aromatic amines is 2. The number of amides is 2. The fourth-order valence-corrected chi connectivity index (χ4v) is 4.40. The minimum Gasteiger partial charge on any atom is -0.497 e. The molecular formula is C31H34N4O3. The minimum absolute atomic E-state index is 0.00545. The molecule has 2 amide bonds. The quantitative estimate of drug-likeness (QED) is 0.316. The summed E-state index contributed by atoms with van der Waals surface area (Å²) in [5.41, 5.74) is 5.87. The van der Waals surface area contributed by atoms with E-state index < -0.39 is 0 Å². The Morgan fingerprint density at radius 3 is 2.42 bits per heavy atom. The monoisotopic (exact) mass is 510 g/mol. The number of hydrogen-bond acceptors (Lipinski definition) is 3. The maximum Gasteiger partial charge on any atom is 0.242 e. The second-order valence-electron chi connectivity index (χ2n) is 9.31. The van der Waals surface area contributed by atoms with Crippen LogP contribution >= 0.6 is 0 Å². The molecule has 3 aromatic carbocycles. The van der Waals surface area contributed by atoms with Crippen LogP contribution in [0.2, 0.25) is 0 Å². The molecule has 1 fully saturated rings. The highest BCUT2D eigenvalue weighted by molar-refractivity contribution is 5.85. The van der Waals surface area contributed by atoms with Gasteiger partial charge >= 0.3 is 0 Å². The molecule has 0 spiro atoms. The van der Waals surface area contributed by atoms with Gasteiger partial charge in [-0.25, -0.2) is 0 Å². The van der Waals surface area contributed by atoms with E-state index >= 15 is 0 Å². The summed E-state index contributed by atoms with van der Waals surface area (Å²) in [7, 11) is 1.68. The highest BCUT2D eigenvalue weighted by Gasteiger charge is 2.23. The molecule has 7 heteroatoms. The first-order valence-electron chi connectivity index (χ1n) is 12.6. The Hall–Kier alpha value is -4.52. The molecule has 0 atom stereocenters. The number of carbonyl (C=O) groups excluding carboxylic acids is 2. The van der Waals surface area contributed by atoms with Crippen molar-refractivity contribution >= 4 is 34.1 Å². The van der Waals surface area contributed by atoms with E-state index in [0.717, 1.165) is 34.1 Å². The summed E-state index contributed by atoms with van der Waals surface area (Å²) >= 11 is 0. The third-order valence-electron chi connectivity index (χ3n) is 6.45. The van der Waals surface area contributed by atoms with Gasteiger partial charge in [0.15, 0.2) is 0 Å². The number of piperazine rings is 1. The van der Waals surface area contributed by atoms with Crippen LogP contribution in [0.4, 0.5) is 0 Å². The lowest BCUT2D eigenvalue weighted by molar-refractivity contribution is -0.140. The zero-order valence-corrected chi connectivity index (χ0v) is 22.1. The number of hydrogen-bond donors (Lipinski definition) is 2. The van der Waals surface area contributed by atoms with Gasteiger partial charge in [-0.3, -0.25) is 9.59 Å². The van der Waals surface area contributed by atoms with Crippen LogP contribution in [-0.4, -0.2) is 58.8 Å². The molecule has 1 saturated heterocycles. The number of nitrogens with one attached hydrogen (secondary N) is 2. The number of methoxy groups -OCH3 is 1. The minimum atomic E-state index is 0.00545. The predicted molar refractivity (Wildman–Crippen MR) is 152 cm³/mol. The first-order chi connectivity index (χ1) is 18.5. The lowest BCUT2D eigenvalue weighted by atomic mass is 10.1. The number of nitrogens with zero attached hydrogens (tertiary/aromatic N) is 2. The molecule has 5 aromatic rings. The van der Waals surface area contributed by atoms with Gasteiger partial charge in [0.25, 0.3) is 0 Å². The number of aromatic nitrogens is 2. The van der Waals surface area contributed by atoms with Gasteiger partial charge < -0.3 is 24.5 Å². The van der Waals surface area contributed by atoms with Gasteiger partial charge in [0.05, 0.1) is 13.7 Å². The molecule has 3 heterocycles. The number of rotatable bonds is 4. The second-order valence-corrected chi connectivity index (χ2v) is 9.31. The van der Waals surface area contributed by atoms with Crippen molar-refractivity contribution < 1.29 is 14.3 Å². The topological polar surface area (TPSA) is 81.4 Å². The Morgan fingerprint density at radius 2 is 1.74 bits per heavy atom. The van der Waals surface area contributed by atoms with Crippen LogP contribution in [-0.2, 0) is 16.1 Å². The Bertz CT molecular complexity index is 1490. The van der Waals surface area contributed by atoms with E-state index in [1.165, 1.54) is 21.5 Å². The normalized spacial score (nSPS) is 13.0. The van der Waals surface area contributed by atoms with Crippen molar-refractivity contribution in [3.05, 3.63) is 102 Å². The molecular weight excluding hydrogens is 476 g/mol. The summed E-state index contributed by atoms with van der Waals surface area (Å²) in [5, 5.41) is 2.35. The fourth-order valence-electron chi connectivity index (χ4n) is 4.40. The van der Waals surface area contributed by atoms with Gasteiger partial charge in [0.2, 0.25) is 12.3 Å². The summed E-state index contributed by atoms with van der Waals surface area (Å²) in [5.74, 6) is 0.910. The molecule has 0 bridgehead atoms. The van der Waals surface area contributed by atoms with Crippen LogP contribution in [0, 0.1) is 13.8 Å². The zero-order chi connectivity index (χ0) is 26.9. The van der Waals surface area contributed by atoms with Crippen molar-refractivity contribution in [2.45, 2.75) is 20.4 Å². The third-order valence-corrected chi connectivity index (χ3v) is 6.45. The van der Waals surface area contributed by atoms with Crippen LogP contribution < -0.4 is 4.74 Å². The second kappa shape index (κ2) is 12.6. The van der Waals surface area contributed by atoms with Crippen LogP contribution in [0.25, 0.3) is 21.8 Å². The van der Waals surface area contributed by atoms with E-state index in [1.54, 1.807) is 7.11 Å². The first kappa shape index (κ1) is 26.5. The van der Waals surface area contributed by atoms with Gasteiger partial charge in [0.1, 0.15) is 5.75 Å². The number of carbonyl (C=O) groups is 2. The van der Waals surface area contributed by atoms with Gasteiger partial charge in [-0.1, -0.05) is 48.0 Å². The highest BCUT2D eigenvalue weighted by atomic mass is 16.5. The summed E-state index contributed by atoms with van der Waals surface area (Å²) < 4.78 is 5.12. The van der Waals surface area contributed by atoms with Gasteiger partial charge in [-0.2, -0.15) is 0 Å². The smallest absolute Gasteiger partial charge is 0.242 e. The van der Waals surface area contributed by atoms with E-state index in [4.69, 9.17) is 4.74 Å². The van der Waals surface area contributed by atoms with Gasteiger partial charge in [-0.05, 0) is 55.8 Å². The molecule has 0 radical (unpaired) electrons. The molecule has 196 valence electrons. The van der Waals surface area contributed by atoms with Crippen molar-refractivity contribution in [2.24, 2.45) is 0 Å². The summed E-state index contributed by atoms with van der Waals surface area (Å²) in [6, 6.07) is 26.4. The average molecular weight is 511 g/mol. The molecule has 6 rings (SSSR count). The maximum absolute atomic E-state index is 12.0. The van der Waals surface area contributed by atoms with Crippen LogP contribution in [0.15, 0.2) is 85.1 Å². The Labute approximate surface area is 223 Å². The molecule has 0 unspecified atom stereocenters. The van der Waals surface area contributed by atoms with E-state index in [-0.39, 0.29) is 12.5 Å². The molecule has 0 aliphatic carbocycles. The number of ether oxygens (including phenoxy) is 1. The van der Waals surface area contributed by atoms with Crippen molar-refractivity contribution in [3.63, 3.8) is 0 Å². The van der Waals surface area contributed by atoms with Crippen molar-refractivity contribution in [2.75, 3.05) is 26.7 Å². The molecule has 1 aliphatic heterocycles. The molecule has 2 N–H and O–H groups in total. The number of H-pyrrole nitrogens is 2. The number of fused-ring (bicyclic) bond motifs is 2. The van der Waals surface area contributed by atoms with E-state index in [1.807, 2.05) is 78.7 Å². The zero-order valence-electron chi connectivity index (χ0n) is 22.1. The van der Waals surface area contributed by atoms with Crippen LogP contribution in [0.5, 0.6) is 5.75 Å². The van der Waals surface area contributed by atoms with Crippen molar-refractivity contribution in [1.82, 2.24) is 19.8 Å². The Morgan fingerprint density at radius 1 is 0.921 bits per heavy atom. The van der Waals surface area contributed by atoms with Crippen LogP contribution in [0.3, 0.4) is 0 Å². The summed E-state index contributed by atoms with van der Waals surface area (Å²) in [4.78, 5) is 32.4. The van der Waals surface area contributed by atoms with Crippen molar-refractivity contribution in [1.29, 1.82) is 0 Å². The lowest BCUT2D eigenvalue weighted by Crippen LogP contribution is -2.49. The molecule has 0 saturated carbocycles. The average Bonchev–Trinajstić information content (AvgIpc) is 3.56. The standard InChI is InChI=1S/C14H15N3O2.C10H11NO.C7H8/c18-10-16-6-7-17(14(19)9-16)8-11-2-1-3-13-12(11)4-5-15-13;1-7-5-8-6-9(12-2)3-4-10(8)11-7;1-7-5-3-2-4-6-7/h1-5,10,15H,6-9H2;3-6,11H,1-2H3;2-6H,1H3. The molecule has 38 heavy (non-hydrogen) atoms. The fraction of sp³-hybridized carbons (Fsp3) is 0.226.